The van der Waals surface area contributed by atoms with E-state index >= 15 is 0 Å². The number of nitriles is 1. The van der Waals surface area contributed by atoms with Crippen molar-refractivity contribution in [3.8, 4) is 6.07 Å². The van der Waals surface area contributed by atoms with Gasteiger partial charge in [-0.2, -0.15) is 10.2 Å². The van der Waals surface area contributed by atoms with Gasteiger partial charge in [0.25, 0.3) is 0 Å². The highest BCUT2D eigenvalue weighted by atomic mass is 35.5. The van der Waals surface area contributed by atoms with E-state index in [4.69, 9.17) is 38.9 Å². The number of anilines is 3. The van der Waals surface area contributed by atoms with Crippen molar-refractivity contribution in [3.63, 3.8) is 0 Å². The number of carbonyl (C=O) groups excluding carboxylic acids is 2. The average Bonchev–Trinajstić information content (AvgIpc) is 3.28. The molecule has 2 aliphatic rings. The number of aromatic nitrogens is 4. The molecular formula is C26H29Cl2N9O2. The van der Waals surface area contributed by atoms with Crippen LogP contribution >= 0.6 is 23.2 Å². The lowest BCUT2D eigenvalue weighted by molar-refractivity contribution is -0.129. The van der Waals surface area contributed by atoms with Crippen LogP contribution in [0, 0.1) is 17.2 Å². The number of piperidine rings is 1. The maximum Gasteiger partial charge on any atom is 0.225 e. The largest absolute Gasteiger partial charge is 0.369 e. The lowest BCUT2D eigenvalue weighted by Gasteiger charge is -2.32. The SMILES string of the molecule is CC(=O)N1CCC[C@@H](Nc2ncc3nc(Nc4c(Cl)cc(C#N)cc4Cl)n([C@H]4CC[C@@H](C(N)=O)CC4)c3n2)C1. The number of nitrogens with two attached hydrogens (primary N) is 1. The summed E-state index contributed by atoms with van der Waals surface area (Å²) in [5.41, 5.74) is 7.55. The molecule has 1 aliphatic heterocycles. The molecule has 1 saturated heterocycles. The van der Waals surface area contributed by atoms with Gasteiger partial charge in [0.05, 0.1) is 33.6 Å². The number of amides is 2. The van der Waals surface area contributed by atoms with Crippen LogP contribution in [0.4, 0.5) is 17.6 Å². The van der Waals surface area contributed by atoms with E-state index in [2.05, 4.69) is 15.6 Å². The number of hydrogen-bond acceptors (Lipinski definition) is 8. The van der Waals surface area contributed by atoms with E-state index < -0.39 is 0 Å². The first-order chi connectivity index (χ1) is 18.7. The normalized spacial score (nSPS) is 21.4. The highest BCUT2D eigenvalue weighted by molar-refractivity contribution is 6.39. The van der Waals surface area contributed by atoms with E-state index in [0.29, 0.717) is 66.5 Å². The second-order valence-electron chi connectivity index (χ2n) is 10.1. The number of fused-ring (bicyclic) bond motifs is 1. The molecule has 3 aromatic rings. The summed E-state index contributed by atoms with van der Waals surface area (Å²) >= 11 is 12.9. The molecule has 3 heterocycles. The summed E-state index contributed by atoms with van der Waals surface area (Å²) in [4.78, 5) is 39.6. The van der Waals surface area contributed by atoms with Crippen molar-refractivity contribution < 1.29 is 9.59 Å². The number of imidazole rings is 1. The molecule has 39 heavy (non-hydrogen) atoms. The number of rotatable bonds is 6. The Morgan fingerprint density at radius 2 is 1.85 bits per heavy atom. The fourth-order valence-electron chi connectivity index (χ4n) is 5.45. The minimum Gasteiger partial charge on any atom is -0.369 e. The average molecular weight is 570 g/mol. The van der Waals surface area contributed by atoms with Gasteiger partial charge in [-0.3, -0.25) is 14.2 Å². The van der Waals surface area contributed by atoms with E-state index in [0.717, 1.165) is 19.4 Å². The molecule has 1 aliphatic carbocycles. The third-order valence-corrected chi connectivity index (χ3v) is 8.10. The molecule has 1 aromatic carbocycles. The van der Waals surface area contributed by atoms with Crippen LogP contribution in [-0.4, -0.2) is 55.4 Å². The molecule has 1 saturated carbocycles. The molecule has 4 N–H and O–H groups in total. The minimum absolute atomic E-state index is 0.00494. The Bertz CT molecular complexity index is 1440. The standard InChI is InChI=1S/C26H29Cl2N9O2/c1-14(38)36-8-2-3-17(13-36)32-25-31-12-21-24(35-25)37(18-6-4-16(5-7-18)23(30)39)26(33-21)34-22-19(27)9-15(11-29)10-20(22)28/h9-10,12,16-18H,2-8,13H2,1H3,(H2,30,39)(H,33,34)(H,31,32,35)/t16-,17-,18+/m1/s1. The first kappa shape index (κ1) is 27.0. The maximum absolute atomic E-state index is 11.9. The van der Waals surface area contributed by atoms with E-state index in [1.165, 1.54) is 12.1 Å². The summed E-state index contributed by atoms with van der Waals surface area (Å²) in [5.74, 6) is 0.550. The van der Waals surface area contributed by atoms with Crippen molar-refractivity contribution >= 4 is 63.8 Å². The summed E-state index contributed by atoms with van der Waals surface area (Å²) in [5, 5.41) is 16.5. The van der Waals surface area contributed by atoms with Gasteiger partial charge < -0.3 is 21.3 Å². The lowest BCUT2D eigenvalue weighted by atomic mass is 9.85. The molecule has 0 spiro atoms. The Kier molecular flexibility index (Phi) is 7.77. The molecule has 2 amide bonds. The molecular weight excluding hydrogens is 541 g/mol. The second-order valence-corrected chi connectivity index (χ2v) is 10.9. The van der Waals surface area contributed by atoms with E-state index in [-0.39, 0.29) is 39.9 Å². The summed E-state index contributed by atoms with van der Waals surface area (Å²) < 4.78 is 2.01. The second kappa shape index (κ2) is 11.2. The van der Waals surface area contributed by atoms with Gasteiger partial charge in [0, 0.05) is 38.0 Å². The Morgan fingerprint density at radius 3 is 2.49 bits per heavy atom. The van der Waals surface area contributed by atoms with Crippen molar-refractivity contribution in [3.05, 3.63) is 33.9 Å². The van der Waals surface area contributed by atoms with Crippen molar-refractivity contribution in [1.82, 2.24) is 24.4 Å². The molecule has 13 heteroatoms. The molecule has 11 nitrogen and oxygen atoms in total. The van der Waals surface area contributed by atoms with Gasteiger partial charge in [-0.05, 0) is 50.7 Å². The molecule has 2 aromatic heterocycles. The highest BCUT2D eigenvalue weighted by Gasteiger charge is 2.30. The number of nitrogens with zero attached hydrogens (tertiary/aromatic N) is 6. The zero-order chi connectivity index (χ0) is 27.7. The Labute approximate surface area is 235 Å². The molecule has 0 bridgehead atoms. The zero-order valence-corrected chi connectivity index (χ0v) is 23.0. The topological polar surface area (TPSA) is 155 Å². The fraction of sp³-hybridized carbons (Fsp3) is 0.462. The number of halogens is 2. The number of hydrogen-bond donors (Lipinski definition) is 3. The van der Waals surface area contributed by atoms with Crippen LogP contribution in [0.5, 0.6) is 0 Å². The van der Waals surface area contributed by atoms with Gasteiger partial charge >= 0.3 is 0 Å². The third-order valence-electron chi connectivity index (χ3n) is 7.50. The molecule has 0 unspecified atom stereocenters. The van der Waals surface area contributed by atoms with Crippen molar-refractivity contribution in [2.24, 2.45) is 11.7 Å². The quantitative estimate of drug-likeness (QED) is 0.394. The fourth-order valence-corrected chi connectivity index (χ4v) is 6.03. The molecule has 204 valence electrons. The van der Waals surface area contributed by atoms with Crippen LogP contribution in [0.2, 0.25) is 10.0 Å². The monoisotopic (exact) mass is 569 g/mol. The van der Waals surface area contributed by atoms with Crippen LogP contribution in [0.3, 0.4) is 0 Å². The predicted octanol–water partition coefficient (Wildman–Crippen LogP) is 4.39. The number of benzene rings is 1. The van der Waals surface area contributed by atoms with Crippen LogP contribution in [0.1, 0.15) is 57.1 Å². The number of likely N-dealkylation sites (tertiary alicyclic amines) is 1. The Morgan fingerprint density at radius 1 is 1.13 bits per heavy atom. The molecule has 2 fully saturated rings. The van der Waals surface area contributed by atoms with Crippen LogP contribution in [0.25, 0.3) is 11.2 Å². The lowest BCUT2D eigenvalue weighted by Crippen LogP contribution is -2.44. The van der Waals surface area contributed by atoms with Gasteiger partial charge in [-0.15, -0.1) is 0 Å². The van der Waals surface area contributed by atoms with Gasteiger partial charge in [-0.1, -0.05) is 23.2 Å². The Hall–Kier alpha value is -3.62. The number of nitrogens with one attached hydrogen (secondary N) is 2. The summed E-state index contributed by atoms with van der Waals surface area (Å²) in [6.07, 6.45) is 6.23. The van der Waals surface area contributed by atoms with E-state index in [1.807, 2.05) is 15.5 Å². The van der Waals surface area contributed by atoms with Gasteiger partial charge in [0.2, 0.25) is 23.7 Å². The van der Waals surface area contributed by atoms with E-state index in [1.54, 1.807) is 13.1 Å². The first-order valence-electron chi connectivity index (χ1n) is 13.0. The van der Waals surface area contributed by atoms with Crippen LogP contribution < -0.4 is 16.4 Å². The first-order valence-corrected chi connectivity index (χ1v) is 13.7. The number of primary amides is 1. The summed E-state index contributed by atoms with van der Waals surface area (Å²) in [6, 6.07) is 5.15. The maximum atomic E-state index is 11.9. The summed E-state index contributed by atoms with van der Waals surface area (Å²) in [7, 11) is 0. The van der Waals surface area contributed by atoms with Crippen molar-refractivity contribution in [2.75, 3.05) is 23.7 Å². The van der Waals surface area contributed by atoms with Crippen molar-refractivity contribution in [2.45, 2.75) is 57.5 Å². The van der Waals surface area contributed by atoms with Crippen LogP contribution in [-0.2, 0) is 9.59 Å². The predicted molar refractivity (Wildman–Crippen MR) is 149 cm³/mol. The molecule has 1 atom stereocenters. The number of carbonyl (C=O) groups is 2. The van der Waals surface area contributed by atoms with Crippen molar-refractivity contribution in [1.29, 1.82) is 5.26 Å². The zero-order valence-electron chi connectivity index (χ0n) is 21.5. The van der Waals surface area contributed by atoms with E-state index in [9.17, 15) is 14.9 Å². The Balaban J connectivity index is 1.50. The van der Waals surface area contributed by atoms with Crippen LogP contribution in [0.15, 0.2) is 18.3 Å². The molecule has 0 radical (unpaired) electrons. The summed E-state index contributed by atoms with van der Waals surface area (Å²) in [6.45, 7) is 2.93. The van der Waals surface area contributed by atoms with Gasteiger partial charge in [-0.25, -0.2) is 9.97 Å². The van der Waals surface area contributed by atoms with Gasteiger partial charge in [0.15, 0.2) is 5.65 Å². The van der Waals surface area contributed by atoms with Gasteiger partial charge in [0.1, 0.15) is 5.52 Å². The minimum atomic E-state index is -0.278. The third kappa shape index (κ3) is 5.72. The highest BCUT2D eigenvalue weighted by Crippen LogP contribution is 2.39. The molecule has 5 rings (SSSR count). The smallest absolute Gasteiger partial charge is 0.225 e.